The van der Waals surface area contributed by atoms with Crippen molar-refractivity contribution in [3.05, 3.63) is 16.6 Å². The predicted octanol–water partition coefficient (Wildman–Crippen LogP) is 0.952. The van der Waals surface area contributed by atoms with Crippen LogP contribution < -0.4 is 5.73 Å². The fourth-order valence-electron chi connectivity index (χ4n) is 1.76. The molecule has 0 bridgehead atoms. The van der Waals surface area contributed by atoms with Crippen molar-refractivity contribution in [2.45, 2.75) is 19.4 Å². The molecule has 4 nitrogen and oxygen atoms in total. The third kappa shape index (κ3) is 2.18. The minimum Gasteiger partial charge on any atom is -0.336 e. The number of hydrogen-bond acceptors (Lipinski definition) is 4. The standard InChI is InChI=1S/C10H15N3OS/c1-7-2-3-13(5-8(7)11)10(14)9-4-12-6-15-9/h4,6-8H,2-3,5,11H2,1H3. The summed E-state index contributed by atoms with van der Waals surface area (Å²) >= 11 is 1.38. The third-order valence-corrected chi connectivity index (χ3v) is 3.71. The molecule has 2 rings (SSSR count). The third-order valence-electron chi connectivity index (χ3n) is 2.95. The molecule has 82 valence electrons. The lowest BCUT2D eigenvalue weighted by molar-refractivity contribution is 0.0677. The van der Waals surface area contributed by atoms with Crippen LogP contribution in [-0.2, 0) is 0 Å². The van der Waals surface area contributed by atoms with Gasteiger partial charge < -0.3 is 10.6 Å². The molecule has 0 radical (unpaired) electrons. The first-order valence-corrected chi connectivity index (χ1v) is 6.00. The summed E-state index contributed by atoms with van der Waals surface area (Å²) in [5, 5.41) is 0. The summed E-state index contributed by atoms with van der Waals surface area (Å²) < 4.78 is 0. The van der Waals surface area contributed by atoms with Crippen LogP contribution in [0.1, 0.15) is 23.0 Å². The highest BCUT2D eigenvalue weighted by atomic mass is 32.1. The normalized spacial score (nSPS) is 26.7. The van der Waals surface area contributed by atoms with Crippen LogP contribution in [0.15, 0.2) is 11.7 Å². The van der Waals surface area contributed by atoms with Crippen molar-refractivity contribution < 1.29 is 4.79 Å². The molecule has 1 aliphatic heterocycles. The maximum atomic E-state index is 12.0. The van der Waals surface area contributed by atoms with Crippen LogP contribution in [0.2, 0.25) is 0 Å². The van der Waals surface area contributed by atoms with Gasteiger partial charge in [0.05, 0.1) is 11.7 Å². The summed E-state index contributed by atoms with van der Waals surface area (Å²) in [6.45, 7) is 3.61. The second-order valence-electron chi connectivity index (χ2n) is 4.05. The van der Waals surface area contributed by atoms with Crippen molar-refractivity contribution >= 4 is 17.2 Å². The van der Waals surface area contributed by atoms with E-state index in [1.54, 1.807) is 11.7 Å². The topological polar surface area (TPSA) is 59.2 Å². The number of rotatable bonds is 1. The van der Waals surface area contributed by atoms with Crippen molar-refractivity contribution in [2.75, 3.05) is 13.1 Å². The summed E-state index contributed by atoms with van der Waals surface area (Å²) in [6.07, 6.45) is 2.61. The van der Waals surface area contributed by atoms with Gasteiger partial charge in [-0.1, -0.05) is 6.92 Å². The zero-order chi connectivity index (χ0) is 10.8. The van der Waals surface area contributed by atoms with Crippen LogP contribution in [-0.4, -0.2) is 34.9 Å². The fraction of sp³-hybridized carbons (Fsp3) is 0.600. The minimum absolute atomic E-state index is 0.0693. The molecule has 1 amide bonds. The van der Waals surface area contributed by atoms with E-state index in [4.69, 9.17) is 5.73 Å². The van der Waals surface area contributed by atoms with Gasteiger partial charge in [-0.3, -0.25) is 9.78 Å². The molecule has 1 aliphatic rings. The van der Waals surface area contributed by atoms with E-state index in [2.05, 4.69) is 11.9 Å². The molecule has 2 unspecified atom stereocenters. The molecule has 0 saturated carbocycles. The van der Waals surface area contributed by atoms with Gasteiger partial charge in [0, 0.05) is 19.1 Å². The van der Waals surface area contributed by atoms with Gasteiger partial charge in [0.1, 0.15) is 4.88 Å². The second-order valence-corrected chi connectivity index (χ2v) is 4.93. The molecular weight excluding hydrogens is 210 g/mol. The number of amides is 1. The molecule has 15 heavy (non-hydrogen) atoms. The fourth-order valence-corrected chi connectivity index (χ4v) is 2.35. The molecule has 5 heteroatoms. The monoisotopic (exact) mass is 225 g/mol. The van der Waals surface area contributed by atoms with Crippen molar-refractivity contribution in [3.63, 3.8) is 0 Å². The first kappa shape index (κ1) is 10.6. The Kier molecular flexibility index (Phi) is 3.02. The maximum Gasteiger partial charge on any atom is 0.265 e. The number of piperidine rings is 1. The molecule has 1 saturated heterocycles. The predicted molar refractivity (Wildman–Crippen MR) is 59.8 cm³/mol. The number of thiazole rings is 1. The van der Waals surface area contributed by atoms with Gasteiger partial charge in [-0.15, -0.1) is 11.3 Å². The Balaban J connectivity index is 2.03. The zero-order valence-electron chi connectivity index (χ0n) is 8.72. The molecule has 2 atom stereocenters. The summed E-state index contributed by atoms with van der Waals surface area (Å²) in [6, 6.07) is 0.107. The molecule has 2 N–H and O–H groups in total. The lowest BCUT2D eigenvalue weighted by Gasteiger charge is -2.34. The Morgan fingerprint density at radius 3 is 3.13 bits per heavy atom. The van der Waals surface area contributed by atoms with E-state index in [1.165, 1.54) is 11.3 Å². The molecule has 1 aromatic rings. The van der Waals surface area contributed by atoms with Gasteiger partial charge in [-0.25, -0.2) is 0 Å². The Bertz CT molecular complexity index is 338. The smallest absolute Gasteiger partial charge is 0.265 e. The number of aromatic nitrogens is 1. The second kappa shape index (κ2) is 4.28. The first-order valence-electron chi connectivity index (χ1n) is 5.12. The summed E-state index contributed by atoms with van der Waals surface area (Å²) in [5.41, 5.74) is 7.63. The molecule has 0 aromatic carbocycles. The zero-order valence-corrected chi connectivity index (χ0v) is 9.54. The summed E-state index contributed by atoms with van der Waals surface area (Å²) in [5.74, 6) is 0.579. The number of carbonyl (C=O) groups excluding carboxylic acids is 1. The van der Waals surface area contributed by atoms with E-state index >= 15 is 0 Å². The van der Waals surface area contributed by atoms with Crippen molar-refractivity contribution in [1.29, 1.82) is 0 Å². The van der Waals surface area contributed by atoms with Crippen LogP contribution in [0.4, 0.5) is 0 Å². The lowest BCUT2D eigenvalue weighted by atomic mass is 9.94. The quantitative estimate of drug-likeness (QED) is 0.774. The van der Waals surface area contributed by atoms with Gasteiger partial charge in [0.15, 0.2) is 0 Å². The number of likely N-dealkylation sites (tertiary alicyclic amines) is 1. The number of hydrogen-bond donors (Lipinski definition) is 1. The summed E-state index contributed by atoms with van der Waals surface area (Å²) in [7, 11) is 0. The van der Waals surface area contributed by atoms with Crippen LogP contribution in [0.3, 0.4) is 0 Å². The highest BCUT2D eigenvalue weighted by molar-refractivity contribution is 7.11. The SMILES string of the molecule is CC1CCN(C(=O)c2cncs2)CC1N. The van der Waals surface area contributed by atoms with E-state index in [0.717, 1.165) is 13.0 Å². The number of carbonyl (C=O) groups is 1. The Morgan fingerprint density at radius 2 is 2.53 bits per heavy atom. The van der Waals surface area contributed by atoms with E-state index in [0.29, 0.717) is 17.3 Å². The van der Waals surface area contributed by atoms with Crippen LogP contribution in [0.5, 0.6) is 0 Å². The number of nitrogens with two attached hydrogens (primary N) is 1. The molecule has 1 fully saturated rings. The van der Waals surface area contributed by atoms with Gasteiger partial charge in [-0.05, 0) is 12.3 Å². The van der Waals surface area contributed by atoms with Crippen molar-refractivity contribution in [2.24, 2.45) is 11.7 Å². The average Bonchev–Trinajstić information content (AvgIpc) is 2.74. The minimum atomic E-state index is 0.0693. The van der Waals surface area contributed by atoms with Gasteiger partial charge in [0.2, 0.25) is 0 Å². The van der Waals surface area contributed by atoms with Gasteiger partial charge >= 0.3 is 0 Å². The largest absolute Gasteiger partial charge is 0.336 e. The Labute approximate surface area is 93.1 Å². The Hall–Kier alpha value is -0.940. The first-order chi connectivity index (χ1) is 7.18. The molecular formula is C10H15N3OS. The molecule has 2 heterocycles. The van der Waals surface area contributed by atoms with Crippen LogP contribution in [0, 0.1) is 5.92 Å². The summed E-state index contributed by atoms with van der Waals surface area (Å²) in [4.78, 5) is 18.4. The number of nitrogens with zero attached hydrogens (tertiary/aromatic N) is 2. The lowest BCUT2D eigenvalue weighted by Crippen LogP contribution is -2.49. The Morgan fingerprint density at radius 1 is 1.73 bits per heavy atom. The van der Waals surface area contributed by atoms with E-state index in [1.807, 2.05) is 4.90 Å². The van der Waals surface area contributed by atoms with Gasteiger partial charge in [0.25, 0.3) is 5.91 Å². The molecule has 0 aliphatic carbocycles. The van der Waals surface area contributed by atoms with E-state index in [9.17, 15) is 4.79 Å². The van der Waals surface area contributed by atoms with Crippen molar-refractivity contribution in [1.82, 2.24) is 9.88 Å². The van der Waals surface area contributed by atoms with Crippen LogP contribution in [0.25, 0.3) is 0 Å². The highest BCUT2D eigenvalue weighted by Crippen LogP contribution is 2.18. The highest BCUT2D eigenvalue weighted by Gasteiger charge is 2.27. The van der Waals surface area contributed by atoms with Crippen molar-refractivity contribution in [3.8, 4) is 0 Å². The van der Waals surface area contributed by atoms with E-state index in [-0.39, 0.29) is 11.9 Å². The molecule has 1 aromatic heterocycles. The average molecular weight is 225 g/mol. The van der Waals surface area contributed by atoms with Crippen LogP contribution >= 0.6 is 11.3 Å². The van der Waals surface area contributed by atoms with Gasteiger partial charge in [-0.2, -0.15) is 0 Å². The maximum absolute atomic E-state index is 12.0. The van der Waals surface area contributed by atoms with E-state index < -0.39 is 0 Å². The molecule has 0 spiro atoms.